The first-order chi connectivity index (χ1) is 5.47. The van der Waals surface area contributed by atoms with Gasteiger partial charge in [0, 0.05) is 0 Å². The monoisotopic (exact) mass is 240 g/mol. The lowest BCUT2D eigenvalue weighted by Gasteiger charge is -1.92. The number of alkyl halides is 1. The number of unbranched alkanes of at least 4 members (excludes halogenated alkanes) is 1. The molecule has 0 aliphatic heterocycles. The molecule has 2 N–H and O–H groups in total. The Morgan fingerprint density at radius 2 is 1.42 bits per heavy atom. The lowest BCUT2D eigenvalue weighted by Crippen LogP contribution is -2.22. The predicted molar refractivity (Wildman–Crippen MR) is 48.6 cm³/mol. The summed E-state index contributed by atoms with van der Waals surface area (Å²) in [6.45, 7) is 4.36. The molecule has 0 rings (SSSR count). The number of halogens is 1. The van der Waals surface area contributed by atoms with E-state index in [1.807, 2.05) is 0 Å². The first kappa shape index (κ1) is 14.0. The van der Waals surface area contributed by atoms with Crippen LogP contribution in [0.2, 0.25) is 0 Å². The van der Waals surface area contributed by atoms with Gasteiger partial charge in [0.25, 0.3) is 0 Å². The first-order valence-electron chi connectivity index (χ1n) is 3.57. The Morgan fingerprint density at radius 1 is 1.17 bits per heavy atom. The van der Waals surface area contributed by atoms with E-state index in [1.165, 1.54) is 12.8 Å². The topological polar surface area (TPSA) is 74.6 Å². The Hall–Kier alpha value is -0.580. The average Bonchev–Trinajstić information content (AvgIpc) is 2.03. The second kappa shape index (κ2) is 8.52. The Balaban J connectivity index is 0. The number of hydrogen-bond acceptors (Lipinski definition) is 2. The molecule has 0 aliphatic rings. The van der Waals surface area contributed by atoms with E-state index in [0.29, 0.717) is 0 Å². The van der Waals surface area contributed by atoms with E-state index in [2.05, 4.69) is 29.8 Å². The van der Waals surface area contributed by atoms with E-state index >= 15 is 0 Å². The molecule has 0 bridgehead atoms. The number of carbonyl (C=O) groups is 2. The molecule has 0 atom stereocenters. The van der Waals surface area contributed by atoms with Crippen molar-refractivity contribution in [1.29, 1.82) is 0 Å². The molecule has 12 heavy (non-hydrogen) atoms. The van der Waals surface area contributed by atoms with Crippen LogP contribution in [-0.2, 0) is 9.59 Å². The number of carboxylic acids is 2. The summed E-state index contributed by atoms with van der Waals surface area (Å²) in [7, 11) is 0. The quantitative estimate of drug-likeness (QED) is 0.582. The SMILES string of the molecule is CCCC.O=C(O)C(Br)C(=O)O. The van der Waals surface area contributed by atoms with Crippen LogP contribution >= 0.6 is 15.9 Å². The molecule has 0 aromatic carbocycles. The fraction of sp³-hybridized carbons (Fsp3) is 0.714. The molecule has 0 spiro atoms. The maximum Gasteiger partial charge on any atom is 0.328 e. The Labute approximate surface area is 79.7 Å². The number of carboxylic acid groups (broad SMARTS) is 2. The van der Waals surface area contributed by atoms with Crippen molar-refractivity contribution in [3.8, 4) is 0 Å². The standard InChI is InChI=1S/C4H10.C3H3BrO4/c1-3-4-2;4-1(2(5)6)3(7)8/h3-4H2,1-2H3;1H,(H,5,6)(H,7,8). The van der Waals surface area contributed by atoms with Crippen LogP contribution in [0.1, 0.15) is 26.7 Å². The van der Waals surface area contributed by atoms with Gasteiger partial charge >= 0.3 is 11.9 Å². The van der Waals surface area contributed by atoms with Gasteiger partial charge in [0.15, 0.2) is 0 Å². The highest BCUT2D eigenvalue weighted by Crippen LogP contribution is 1.97. The third kappa shape index (κ3) is 9.42. The highest BCUT2D eigenvalue weighted by atomic mass is 79.9. The maximum atomic E-state index is 9.71. The van der Waals surface area contributed by atoms with E-state index in [1.54, 1.807) is 0 Å². The van der Waals surface area contributed by atoms with Gasteiger partial charge in [-0.05, 0) is 0 Å². The molecule has 5 heteroatoms. The van der Waals surface area contributed by atoms with Gasteiger partial charge in [-0.1, -0.05) is 42.6 Å². The van der Waals surface area contributed by atoms with Crippen molar-refractivity contribution in [3.63, 3.8) is 0 Å². The summed E-state index contributed by atoms with van der Waals surface area (Å²) in [4.78, 5) is 17.9. The van der Waals surface area contributed by atoms with Crippen molar-refractivity contribution in [2.45, 2.75) is 31.5 Å². The minimum atomic E-state index is -1.48. The molecule has 0 unspecified atom stereocenters. The smallest absolute Gasteiger partial charge is 0.328 e. The van der Waals surface area contributed by atoms with E-state index < -0.39 is 16.8 Å². The Kier molecular flexibility index (Phi) is 9.92. The summed E-state index contributed by atoms with van der Waals surface area (Å²) in [5, 5.41) is 15.8. The van der Waals surface area contributed by atoms with E-state index in [4.69, 9.17) is 10.2 Å². The summed E-state index contributed by atoms with van der Waals surface area (Å²) in [5.74, 6) is -2.78. The van der Waals surface area contributed by atoms with Crippen molar-refractivity contribution in [2.75, 3.05) is 0 Å². The summed E-state index contributed by atoms with van der Waals surface area (Å²) in [5.41, 5.74) is 0. The zero-order chi connectivity index (χ0) is 10.1. The summed E-state index contributed by atoms with van der Waals surface area (Å²) >= 11 is 2.41. The van der Waals surface area contributed by atoms with Gasteiger partial charge in [0.1, 0.15) is 0 Å². The minimum Gasteiger partial charge on any atom is -0.480 e. The molecule has 0 amide bonds. The molecular weight excluding hydrogens is 228 g/mol. The fourth-order valence-electron chi connectivity index (χ4n) is 0.106. The number of hydrogen-bond donors (Lipinski definition) is 2. The lowest BCUT2D eigenvalue weighted by atomic mass is 10.4. The largest absolute Gasteiger partial charge is 0.480 e. The molecule has 0 aliphatic carbocycles. The average molecular weight is 241 g/mol. The van der Waals surface area contributed by atoms with Gasteiger partial charge in [-0.25, -0.2) is 0 Å². The highest BCUT2D eigenvalue weighted by molar-refractivity contribution is 9.10. The van der Waals surface area contributed by atoms with Crippen LogP contribution < -0.4 is 0 Å². The molecule has 0 saturated carbocycles. The van der Waals surface area contributed by atoms with Crippen LogP contribution in [0.25, 0.3) is 0 Å². The molecule has 4 nitrogen and oxygen atoms in total. The lowest BCUT2D eigenvalue weighted by molar-refractivity contribution is -0.145. The van der Waals surface area contributed by atoms with Crippen LogP contribution in [-0.4, -0.2) is 27.0 Å². The van der Waals surface area contributed by atoms with Crippen LogP contribution in [0, 0.1) is 0 Å². The normalized spacial score (nSPS) is 8.67. The van der Waals surface area contributed by atoms with Crippen molar-refractivity contribution in [1.82, 2.24) is 0 Å². The van der Waals surface area contributed by atoms with Crippen LogP contribution in [0.3, 0.4) is 0 Å². The van der Waals surface area contributed by atoms with Gasteiger partial charge in [-0.2, -0.15) is 0 Å². The molecule has 0 saturated heterocycles. The van der Waals surface area contributed by atoms with E-state index in [9.17, 15) is 9.59 Å². The van der Waals surface area contributed by atoms with Crippen LogP contribution in [0.5, 0.6) is 0 Å². The third-order valence-electron chi connectivity index (χ3n) is 0.934. The van der Waals surface area contributed by atoms with Gasteiger partial charge in [0.2, 0.25) is 4.83 Å². The summed E-state index contributed by atoms with van der Waals surface area (Å²) in [6.07, 6.45) is 2.64. The second-order valence-corrected chi connectivity index (χ2v) is 2.95. The first-order valence-corrected chi connectivity index (χ1v) is 4.48. The molecule has 0 aromatic heterocycles. The van der Waals surface area contributed by atoms with Crippen LogP contribution in [0.15, 0.2) is 0 Å². The maximum absolute atomic E-state index is 9.71. The van der Waals surface area contributed by atoms with Crippen molar-refractivity contribution in [2.24, 2.45) is 0 Å². The van der Waals surface area contributed by atoms with Gasteiger partial charge in [-0.3, -0.25) is 9.59 Å². The minimum absolute atomic E-state index is 1.32. The van der Waals surface area contributed by atoms with Gasteiger partial charge < -0.3 is 10.2 Å². The predicted octanol–water partition coefficient (Wildman–Crippen LogP) is 1.73. The Morgan fingerprint density at radius 3 is 1.42 bits per heavy atom. The second-order valence-electron chi connectivity index (χ2n) is 2.04. The van der Waals surface area contributed by atoms with Crippen LogP contribution in [0.4, 0.5) is 0 Å². The molecule has 0 radical (unpaired) electrons. The fourth-order valence-corrected chi connectivity index (χ4v) is 0.106. The molecule has 0 aromatic rings. The van der Waals surface area contributed by atoms with E-state index in [0.717, 1.165) is 0 Å². The van der Waals surface area contributed by atoms with Gasteiger partial charge in [0.05, 0.1) is 0 Å². The molecule has 72 valence electrons. The number of aliphatic carboxylic acids is 2. The van der Waals surface area contributed by atoms with Gasteiger partial charge in [-0.15, -0.1) is 0 Å². The Bertz CT molecular complexity index is 130. The third-order valence-corrected chi connectivity index (χ3v) is 1.72. The van der Waals surface area contributed by atoms with Crippen molar-refractivity contribution in [3.05, 3.63) is 0 Å². The molecule has 0 heterocycles. The molecular formula is C7H13BrO4. The highest BCUT2D eigenvalue weighted by Gasteiger charge is 2.20. The number of rotatable bonds is 3. The molecule has 0 fully saturated rings. The summed E-state index contributed by atoms with van der Waals surface area (Å²) in [6, 6.07) is 0. The summed E-state index contributed by atoms with van der Waals surface area (Å²) < 4.78 is 0. The van der Waals surface area contributed by atoms with E-state index in [-0.39, 0.29) is 0 Å². The zero-order valence-electron chi connectivity index (χ0n) is 7.08. The van der Waals surface area contributed by atoms with Crippen molar-refractivity contribution >= 4 is 27.9 Å². The zero-order valence-corrected chi connectivity index (χ0v) is 8.67. The van der Waals surface area contributed by atoms with Crippen molar-refractivity contribution < 1.29 is 19.8 Å².